The monoisotopic (exact) mass is 315 g/mol. The third-order valence-electron chi connectivity index (χ3n) is 3.33. The van der Waals surface area contributed by atoms with Crippen LogP contribution in [-0.4, -0.2) is 18.0 Å². The number of fused-ring (bicyclic) bond motifs is 1. The van der Waals surface area contributed by atoms with Gasteiger partial charge >= 0.3 is 0 Å². The molecule has 1 amide bonds. The number of ether oxygens (including phenoxy) is 2. The molecule has 0 radical (unpaired) electrons. The molecular weight excluding hydrogens is 298 g/mol. The van der Waals surface area contributed by atoms with Gasteiger partial charge in [0, 0.05) is 11.4 Å². The molecule has 3 rings (SSSR count). The molecule has 0 bridgehead atoms. The van der Waals surface area contributed by atoms with Crippen molar-refractivity contribution in [2.24, 2.45) is 0 Å². The molecule has 1 atom stereocenters. The number of hydrogen-bond acceptors (Lipinski definition) is 4. The number of carbonyl (C=O) groups excluding carboxylic acids is 1. The van der Waals surface area contributed by atoms with Gasteiger partial charge in [-0.05, 0) is 36.8 Å². The van der Waals surface area contributed by atoms with Crippen LogP contribution >= 0.6 is 11.8 Å². The summed E-state index contributed by atoms with van der Waals surface area (Å²) in [5, 5.41) is 2.81. The highest BCUT2D eigenvalue weighted by Crippen LogP contribution is 2.32. The minimum absolute atomic E-state index is 0.0199. The molecule has 0 saturated heterocycles. The lowest BCUT2D eigenvalue weighted by atomic mass is 10.2. The minimum Gasteiger partial charge on any atom is -0.454 e. The summed E-state index contributed by atoms with van der Waals surface area (Å²) in [6.07, 6.45) is 0. The van der Waals surface area contributed by atoms with Crippen molar-refractivity contribution in [3.05, 3.63) is 54.1 Å². The van der Waals surface area contributed by atoms with Gasteiger partial charge in [-0.15, -0.1) is 11.8 Å². The lowest BCUT2D eigenvalue weighted by Crippen LogP contribution is -2.30. The predicted octanol–water partition coefficient (Wildman–Crippen LogP) is 3.21. The first-order valence-corrected chi connectivity index (χ1v) is 7.98. The molecule has 0 aliphatic carbocycles. The Morgan fingerprint density at radius 2 is 1.95 bits per heavy atom. The first kappa shape index (κ1) is 14.8. The number of benzene rings is 2. The maximum absolute atomic E-state index is 12.2. The summed E-state index contributed by atoms with van der Waals surface area (Å²) in [5.74, 6) is 1.51. The molecule has 1 aliphatic rings. The minimum atomic E-state index is -0.142. The van der Waals surface area contributed by atoms with Gasteiger partial charge < -0.3 is 14.8 Å². The molecule has 114 valence electrons. The van der Waals surface area contributed by atoms with Crippen molar-refractivity contribution in [2.75, 3.05) is 6.79 Å². The maximum Gasteiger partial charge on any atom is 0.233 e. The number of hydrogen-bond donors (Lipinski definition) is 1. The van der Waals surface area contributed by atoms with E-state index in [-0.39, 0.29) is 18.0 Å². The molecule has 1 heterocycles. The number of rotatable bonds is 5. The van der Waals surface area contributed by atoms with Crippen molar-refractivity contribution in [1.29, 1.82) is 0 Å². The van der Waals surface area contributed by atoms with Crippen molar-refractivity contribution in [3.8, 4) is 11.5 Å². The third kappa shape index (κ3) is 3.54. The Morgan fingerprint density at radius 1 is 1.18 bits per heavy atom. The van der Waals surface area contributed by atoms with Crippen LogP contribution in [0.15, 0.2) is 53.4 Å². The Kier molecular flexibility index (Phi) is 4.53. The smallest absolute Gasteiger partial charge is 0.233 e. The number of carbonyl (C=O) groups is 1. The van der Waals surface area contributed by atoms with E-state index in [0.29, 0.717) is 6.54 Å². The van der Waals surface area contributed by atoms with Gasteiger partial charge in [-0.1, -0.05) is 24.3 Å². The summed E-state index contributed by atoms with van der Waals surface area (Å²) < 4.78 is 10.6. The molecule has 0 unspecified atom stereocenters. The Hall–Kier alpha value is -2.14. The van der Waals surface area contributed by atoms with Crippen LogP contribution in [-0.2, 0) is 11.3 Å². The van der Waals surface area contributed by atoms with E-state index in [1.165, 1.54) is 0 Å². The lowest BCUT2D eigenvalue weighted by Gasteiger charge is -2.12. The molecule has 1 aliphatic heterocycles. The van der Waals surface area contributed by atoms with Crippen LogP contribution in [0.5, 0.6) is 11.5 Å². The highest BCUT2D eigenvalue weighted by molar-refractivity contribution is 8.00. The van der Waals surface area contributed by atoms with Gasteiger partial charge in [-0.2, -0.15) is 0 Å². The Bertz CT molecular complexity index is 660. The van der Waals surface area contributed by atoms with Crippen molar-refractivity contribution in [3.63, 3.8) is 0 Å². The molecular formula is C17H17NO3S. The Labute approximate surface area is 133 Å². The van der Waals surface area contributed by atoms with Crippen LogP contribution in [0.3, 0.4) is 0 Å². The van der Waals surface area contributed by atoms with E-state index in [9.17, 15) is 4.79 Å². The average molecular weight is 315 g/mol. The van der Waals surface area contributed by atoms with Gasteiger partial charge in [0.2, 0.25) is 12.7 Å². The predicted molar refractivity (Wildman–Crippen MR) is 86.2 cm³/mol. The van der Waals surface area contributed by atoms with Gasteiger partial charge in [0.1, 0.15) is 0 Å². The van der Waals surface area contributed by atoms with Gasteiger partial charge in [-0.25, -0.2) is 0 Å². The van der Waals surface area contributed by atoms with Gasteiger partial charge in [0.25, 0.3) is 0 Å². The maximum atomic E-state index is 12.2. The summed E-state index contributed by atoms with van der Waals surface area (Å²) in [7, 11) is 0. The zero-order valence-electron chi connectivity index (χ0n) is 12.2. The molecule has 2 aromatic carbocycles. The van der Waals surface area contributed by atoms with E-state index < -0.39 is 0 Å². The van der Waals surface area contributed by atoms with Gasteiger partial charge in [-0.3, -0.25) is 4.79 Å². The standard InChI is InChI=1S/C17H17NO3S/c1-12(22-14-5-3-2-4-6-14)17(19)18-10-13-7-8-15-16(9-13)21-11-20-15/h2-9,12H,10-11H2,1H3,(H,18,19)/t12-/m0/s1. The largest absolute Gasteiger partial charge is 0.454 e. The highest BCUT2D eigenvalue weighted by atomic mass is 32.2. The molecule has 5 heteroatoms. The van der Waals surface area contributed by atoms with E-state index in [4.69, 9.17) is 9.47 Å². The van der Waals surface area contributed by atoms with Gasteiger partial charge in [0.15, 0.2) is 11.5 Å². The fourth-order valence-electron chi connectivity index (χ4n) is 2.14. The summed E-state index contributed by atoms with van der Waals surface area (Å²) in [6.45, 7) is 2.65. The second kappa shape index (κ2) is 6.75. The lowest BCUT2D eigenvalue weighted by molar-refractivity contribution is -0.120. The summed E-state index contributed by atoms with van der Waals surface area (Å²) >= 11 is 1.55. The van der Waals surface area contributed by atoms with Crippen LogP contribution in [0.1, 0.15) is 12.5 Å². The zero-order valence-corrected chi connectivity index (χ0v) is 13.1. The van der Waals surface area contributed by atoms with E-state index >= 15 is 0 Å². The van der Waals surface area contributed by atoms with E-state index in [0.717, 1.165) is 22.0 Å². The first-order chi connectivity index (χ1) is 10.7. The normalized spacial score (nSPS) is 13.7. The topological polar surface area (TPSA) is 47.6 Å². The van der Waals surface area contributed by atoms with Crippen LogP contribution in [0.4, 0.5) is 0 Å². The van der Waals surface area contributed by atoms with E-state index in [1.54, 1.807) is 11.8 Å². The summed E-state index contributed by atoms with van der Waals surface area (Å²) in [6, 6.07) is 15.6. The molecule has 0 spiro atoms. The summed E-state index contributed by atoms with van der Waals surface area (Å²) in [5.41, 5.74) is 0.995. The van der Waals surface area contributed by atoms with E-state index in [2.05, 4.69) is 5.32 Å². The molecule has 2 aromatic rings. The molecule has 22 heavy (non-hydrogen) atoms. The van der Waals surface area contributed by atoms with E-state index in [1.807, 2.05) is 55.5 Å². The van der Waals surface area contributed by atoms with Crippen LogP contribution in [0.25, 0.3) is 0 Å². The quantitative estimate of drug-likeness (QED) is 0.861. The third-order valence-corrected chi connectivity index (χ3v) is 4.44. The fourth-order valence-corrected chi connectivity index (χ4v) is 3.05. The number of amides is 1. The Balaban J connectivity index is 1.53. The van der Waals surface area contributed by atoms with Crippen molar-refractivity contribution >= 4 is 17.7 Å². The first-order valence-electron chi connectivity index (χ1n) is 7.10. The number of nitrogens with one attached hydrogen (secondary N) is 1. The van der Waals surface area contributed by atoms with Crippen LogP contribution in [0.2, 0.25) is 0 Å². The van der Waals surface area contributed by atoms with Crippen LogP contribution < -0.4 is 14.8 Å². The van der Waals surface area contributed by atoms with Crippen molar-refractivity contribution < 1.29 is 14.3 Å². The molecule has 0 aromatic heterocycles. The van der Waals surface area contributed by atoms with Crippen molar-refractivity contribution in [1.82, 2.24) is 5.32 Å². The van der Waals surface area contributed by atoms with Crippen LogP contribution in [0, 0.1) is 0 Å². The Morgan fingerprint density at radius 3 is 2.77 bits per heavy atom. The second-order valence-electron chi connectivity index (χ2n) is 4.98. The summed E-state index contributed by atoms with van der Waals surface area (Å²) in [4.78, 5) is 13.3. The molecule has 4 nitrogen and oxygen atoms in total. The fraction of sp³-hybridized carbons (Fsp3) is 0.235. The highest BCUT2D eigenvalue weighted by Gasteiger charge is 2.16. The molecule has 0 saturated carbocycles. The SMILES string of the molecule is C[C@H](Sc1ccccc1)C(=O)NCc1ccc2c(c1)OCO2. The van der Waals surface area contributed by atoms with Gasteiger partial charge in [0.05, 0.1) is 5.25 Å². The molecule has 0 fully saturated rings. The second-order valence-corrected chi connectivity index (χ2v) is 6.39. The number of thioether (sulfide) groups is 1. The van der Waals surface area contributed by atoms with Crippen molar-refractivity contribution in [2.45, 2.75) is 23.6 Å². The average Bonchev–Trinajstić information content (AvgIpc) is 3.01. The zero-order chi connectivity index (χ0) is 15.4. The molecule has 1 N–H and O–H groups in total.